The summed E-state index contributed by atoms with van der Waals surface area (Å²) in [4.78, 5) is 28.9. The molecule has 2 heterocycles. The van der Waals surface area contributed by atoms with Crippen molar-refractivity contribution in [3.05, 3.63) is 52.8 Å². The number of nitrogens with one attached hydrogen (secondary N) is 2. The molecule has 1 amide bonds. The number of rotatable bonds is 5. The van der Waals surface area contributed by atoms with Crippen LogP contribution < -0.4 is 10.1 Å². The van der Waals surface area contributed by atoms with Gasteiger partial charge < -0.3 is 15.2 Å². The Morgan fingerprint density at radius 1 is 1.27 bits per heavy atom. The highest BCUT2D eigenvalue weighted by molar-refractivity contribution is 6.07. The lowest BCUT2D eigenvalue weighted by atomic mass is 10.0. The second kappa shape index (κ2) is 6.83. The average molecular weight is 354 g/mol. The first-order valence-corrected chi connectivity index (χ1v) is 7.91. The van der Waals surface area contributed by atoms with Gasteiger partial charge in [0.15, 0.2) is 6.04 Å². The van der Waals surface area contributed by atoms with Crippen LogP contribution >= 0.6 is 0 Å². The van der Waals surface area contributed by atoms with E-state index in [0.717, 1.165) is 0 Å². The van der Waals surface area contributed by atoms with Crippen LogP contribution in [0.2, 0.25) is 0 Å². The number of hydrogen-bond acceptors (Lipinski definition) is 5. The van der Waals surface area contributed by atoms with Crippen molar-refractivity contribution < 1.29 is 19.4 Å². The number of carbonyl (C=O) groups excluding carboxylic acids is 1. The van der Waals surface area contributed by atoms with Crippen molar-refractivity contribution in [3.8, 4) is 5.88 Å². The Bertz CT molecular complexity index is 977. The normalized spacial score (nSPS) is 12.0. The van der Waals surface area contributed by atoms with E-state index in [9.17, 15) is 14.7 Å². The molecule has 0 unspecified atom stereocenters. The molecular formula is C18H18N4O4. The molecule has 134 valence electrons. The molecule has 3 N–H and O–H groups in total. The van der Waals surface area contributed by atoms with Crippen LogP contribution in [0, 0.1) is 13.8 Å². The smallest absolute Gasteiger partial charge is 0.331 e. The number of para-hydroxylation sites is 1. The molecule has 0 saturated carbocycles. The summed E-state index contributed by atoms with van der Waals surface area (Å²) in [5.74, 6) is -1.43. The number of methoxy groups -OCH3 is 1. The fourth-order valence-electron chi connectivity index (χ4n) is 2.89. The van der Waals surface area contributed by atoms with Crippen molar-refractivity contribution in [2.24, 2.45) is 0 Å². The molecule has 0 saturated heterocycles. The van der Waals surface area contributed by atoms with E-state index in [0.29, 0.717) is 27.9 Å². The van der Waals surface area contributed by atoms with Crippen molar-refractivity contribution in [1.82, 2.24) is 20.5 Å². The zero-order chi connectivity index (χ0) is 18.8. The van der Waals surface area contributed by atoms with E-state index < -0.39 is 17.9 Å². The fourth-order valence-corrected chi connectivity index (χ4v) is 2.89. The number of pyridine rings is 1. The summed E-state index contributed by atoms with van der Waals surface area (Å²) in [6.07, 6.45) is 0. The monoisotopic (exact) mass is 354 g/mol. The van der Waals surface area contributed by atoms with Crippen molar-refractivity contribution in [3.63, 3.8) is 0 Å². The maximum atomic E-state index is 12.9. The quantitative estimate of drug-likeness (QED) is 0.646. The van der Waals surface area contributed by atoms with Gasteiger partial charge in [-0.05, 0) is 19.9 Å². The van der Waals surface area contributed by atoms with Crippen molar-refractivity contribution in [2.45, 2.75) is 19.9 Å². The summed E-state index contributed by atoms with van der Waals surface area (Å²) in [7, 11) is 1.46. The predicted molar refractivity (Wildman–Crippen MR) is 94.2 cm³/mol. The number of nitrogens with zero attached hydrogens (tertiary/aromatic N) is 2. The second-order valence-corrected chi connectivity index (χ2v) is 5.82. The van der Waals surface area contributed by atoms with Gasteiger partial charge in [-0.1, -0.05) is 18.2 Å². The van der Waals surface area contributed by atoms with E-state index in [1.54, 1.807) is 38.1 Å². The molecule has 1 aromatic carbocycles. The summed E-state index contributed by atoms with van der Waals surface area (Å²) in [6, 6.07) is 7.36. The van der Waals surface area contributed by atoms with Crippen molar-refractivity contribution in [1.29, 1.82) is 0 Å². The van der Waals surface area contributed by atoms with E-state index in [-0.39, 0.29) is 11.4 Å². The third-order valence-electron chi connectivity index (χ3n) is 4.14. The highest BCUT2D eigenvalue weighted by Gasteiger charge is 2.28. The predicted octanol–water partition coefficient (Wildman–Crippen LogP) is 2.14. The topological polar surface area (TPSA) is 117 Å². The van der Waals surface area contributed by atoms with Gasteiger partial charge in [0, 0.05) is 22.7 Å². The average Bonchev–Trinajstić information content (AvgIpc) is 2.96. The molecule has 0 bridgehead atoms. The van der Waals surface area contributed by atoms with Gasteiger partial charge in [0.2, 0.25) is 5.88 Å². The van der Waals surface area contributed by atoms with Gasteiger partial charge in [0.1, 0.15) is 0 Å². The number of ether oxygens (including phenoxy) is 1. The zero-order valence-corrected chi connectivity index (χ0v) is 14.5. The Labute approximate surface area is 149 Å². The highest BCUT2D eigenvalue weighted by Crippen LogP contribution is 2.24. The number of aromatic amines is 1. The molecular weight excluding hydrogens is 336 g/mol. The summed E-state index contributed by atoms with van der Waals surface area (Å²) in [5, 5.41) is 19.5. The summed E-state index contributed by atoms with van der Waals surface area (Å²) < 4.78 is 5.15. The molecule has 0 radical (unpaired) electrons. The third kappa shape index (κ3) is 3.08. The first-order chi connectivity index (χ1) is 12.4. The number of fused-ring (bicyclic) bond motifs is 1. The molecule has 0 aliphatic heterocycles. The SMILES string of the molecule is COc1cc(C(=O)N[C@H](C(=O)O)c2c(C)n[nH]c2C)c2ccccc2n1. The molecule has 0 aliphatic rings. The lowest BCUT2D eigenvalue weighted by Gasteiger charge is -2.16. The van der Waals surface area contributed by atoms with E-state index in [1.807, 2.05) is 0 Å². The molecule has 0 spiro atoms. The molecule has 26 heavy (non-hydrogen) atoms. The molecule has 3 rings (SSSR count). The lowest BCUT2D eigenvalue weighted by molar-refractivity contribution is -0.139. The van der Waals surface area contributed by atoms with Gasteiger partial charge in [0.25, 0.3) is 5.91 Å². The number of carbonyl (C=O) groups is 2. The number of benzene rings is 1. The Kier molecular flexibility index (Phi) is 4.57. The number of carboxylic acid groups (broad SMARTS) is 1. The molecule has 8 nitrogen and oxygen atoms in total. The Morgan fingerprint density at radius 3 is 2.62 bits per heavy atom. The van der Waals surface area contributed by atoms with Crippen molar-refractivity contribution >= 4 is 22.8 Å². The Hall–Kier alpha value is -3.42. The number of hydrogen-bond donors (Lipinski definition) is 3. The van der Waals surface area contributed by atoms with Gasteiger partial charge in [-0.2, -0.15) is 5.10 Å². The highest BCUT2D eigenvalue weighted by atomic mass is 16.5. The van der Waals surface area contributed by atoms with Crippen LogP contribution in [0.15, 0.2) is 30.3 Å². The molecule has 3 aromatic rings. The molecule has 0 fully saturated rings. The number of carboxylic acids is 1. The number of aryl methyl sites for hydroxylation is 2. The van der Waals surface area contributed by atoms with Crippen LogP contribution in [-0.2, 0) is 4.79 Å². The second-order valence-electron chi connectivity index (χ2n) is 5.82. The van der Waals surface area contributed by atoms with Gasteiger partial charge in [0.05, 0.1) is 23.9 Å². The van der Waals surface area contributed by atoms with Gasteiger partial charge >= 0.3 is 5.97 Å². The largest absolute Gasteiger partial charge is 0.481 e. The van der Waals surface area contributed by atoms with Crippen LogP contribution in [0.4, 0.5) is 0 Å². The summed E-state index contributed by atoms with van der Waals surface area (Å²) >= 11 is 0. The fraction of sp³-hybridized carbons (Fsp3) is 0.222. The molecule has 0 aliphatic carbocycles. The van der Waals surface area contributed by atoms with Gasteiger partial charge in [-0.25, -0.2) is 9.78 Å². The zero-order valence-electron chi connectivity index (χ0n) is 14.5. The van der Waals surface area contributed by atoms with Crippen molar-refractivity contribution in [2.75, 3.05) is 7.11 Å². The van der Waals surface area contributed by atoms with E-state index in [4.69, 9.17) is 4.74 Å². The summed E-state index contributed by atoms with van der Waals surface area (Å²) in [5.41, 5.74) is 2.42. The minimum atomic E-state index is -1.22. The molecule has 1 atom stereocenters. The minimum absolute atomic E-state index is 0.274. The lowest BCUT2D eigenvalue weighted by Crippen LogP contribution is -2.34. The van der Waals surface area contributed by atoms with Crippen LogP contribution in [0.3, 0.4) is 0 Å². The van der Waals surface area contributed by atoms with Gasteiger partial charge in [-0.15, -0.1) is 0 Å². The maximum absolute atomic E-state index is 12.9. The minimum Gasteiger partial charge on any atom is -0.481 e. The molecule has 8 heteroatoms. The standard InChI is InChI=1S/C18H18N4O4/c1-9-15(10(2)22-21-9)16(18(24)25)20-17(23)12-8-14(26-3)19-13-7-5-4-6-11(12)13/h4-8,16H,1-3H3,(H,20,23)(H,21,22)(H,24,25)/t16-/m0/s1. The van der Waals surface area contributed by atoms with Crippen LogP contribution in [0.1, 0.15) is 33.4 Å². The number of amides is 1. The number of H-pyrrole nitrogens is 1. The Balaban J connectivity index is 2.04. The van der Waals surface area contributed by atoms with Crippen LogP contribution in [-0.4, -0.2) is 39.3 Å². The maximum Gasteiger partial charge on any atom is 0.331 e. The number of aliphatic carboxylic acids is 1. The van der Waals surface area contributed by atoms with Crippen LogP contribution in [0.25, 0.3) is 10.9 Å². The first kappa shape index (κ1) is 17.4. The number of aromatic nitrogens is 3. The van der Waals surface area contributed by atoms with E-state index in [1.165, 1.54) is 13.2 Å². The van der Waals surface area contributed by atoms with Crippen LogP contribution in [0.5, 0.6) is 5.88 Å². The Morgan fingerprint density at radius 2 is 2.00 bits per heavy atom. The third-order valence-corrected chi connectivity index (χ3v) is 4.14. The summed E-state index contributed by atoms with van der Waals surface area (Å²) in [6.45, 7) is 3.40. The molecule has 2 aromatic heterocycles. The van der Waals surface area contributed by atoms with Gasteiger partial charge in [-0.3, -0.25) is 9.89 Å². The van der Waals surface area contributed by atoms with E-state index in [2.05, 4.69) is 20.5 Å². The van der Waals surface area contributed by atoms with E-state index >= 15 is 0 Å². The first-order valence-electron chi connectivity index (χ1n) is 7.91.